The van der Waals surface area contributed by atoms with Crippen molar-refractivity contribution in [3.05, 3.63) is 80.2 Å². The summed E-state index contributed by atoms with van der Waals surface area (Å²) in [4.78, 5) is 39.8. The fourth-order valence-electron chi connectivity index (χ4n) is 4.82. The molecule has 1 fully saturated rings. The highest BCUT2D eigenvalue weighted by atomic mass is 19.1. The van der Waals surface area contributed by atoms with Crippen LogP contribution >= 0.6 is 0 Å². The van der Waals surface area contributed by atoms with E-state index in [2.05, 4.69) is 10.4 Å². The Morgan fingerprint density at radius 2 is 1.89 bits per heavy atom. The summed E-state index contributed by atoms with van der Waals surface area (Å²) in [5.41, 5.74) is 0.220. The summed E-state index contributed by atoms with van der Waals surface area (Å²) in [6.45, 7) is 4.22. The highest BCUT2D eigenvalue weighted by Gasteiger charge is 2.22. The van der Waals surface area contributed by atoms with Crippen molar-refractivity contribution in [3.63, 3.8) is 0 Å². The van der Waals surface area contributed by atoms with E-state index in [9.17, 15) is 18.8 Å². The zero-order valence-corrected chi connectivity index (χ0v) is 19.8. The Morgan fingerprint density at radius 3 is 2.60 bits per heavy atom. The molecule has 1 aliphatic carbocycles. The third-order valence-electron chi connectivity index (χ3n) is 6.56. The van der Waals surface area contributed by atoms with Crippen molar-refractivity contribution in [2.24, 2.45) is 5.92 Å². The molecule has 0 atom stereocenters. The molecular formula is C26H28FN5O3. The predicted octanol–water partition coefficient (Wildman–Crippen LogP) is 3.33. The lowest BCUT2D eigenvalue weighted by Gasteiger charge is -2.14. The summed E-state index contributed by atoms with van der Waals surface area (Å²) in [6.07, 6.45) is 4.09. The van der Waals surface area contributed by atoms with E-state index in [4.69, 9.17) is 0 Å². The molecule has 9 heteroatoms. The molecule has 0 spiro atoms. The van der Waals surface area contributed by atoms with Crippen molar-refractivity contribution in [2.75, 3.05) is 0 Å². The van der Waals surface area contributed by atoms with Gasteiger partial charge in [0.15, 0.2) is 0 Å². The molecular weight excluding hydrogens is 449 g/mol. The monoisotopic (exact) mass is 477 g/mol. The van der Waals surface area contributed by atoms with Crippen LogP contribution in [0.1, 0.15) is 55.5 Å². The normalized spacial score (nSPS) is 14.4. The fourth-order valence-corrected chi connectivity index (χ4v) is 4.82. The molecule has 2 aromatic heterocycles. The highest BCUT2D eigenvalue weighted by molar-refractivity contribution is 5.98. The molecule has 5 rings (SSSR count). The molecule has 182 valence electrons. The maximum absolute atomic E-state index is 14.3. The zero-order valence-electron chi connectivity index (χ0n) is 19.8. The number of rotatable bonds is 6. The predicted molar refractivity (Wildman–Crippen MR) is 131 cm³/mol. The van der Waals surface area contributed by atoms with Crippen LogP contribution in [-0.4, -0.2) is 30.7 Å². The van der Waals surface area contributed by atoms with Gasteiger partial charge in [0.05, 0.1) is 17.4 Å². The van der Waals surface area contributed by atoms with Crippen molar-refractivity contribution in [1.29, 1.82) is 0 Å². The molecule has 1 saturated carbocycles. The van der Waals surface area contributed by atoms with Crippen LogP contribution in [0.3, 0.4) is 0 Å². The van der Waals surface area contributed by atoms with Gasteiger partial charge in [-0.2, -0.15) is 0 Å². The number of fused-ring (bicyclic) bond motifs is 3. The maximum atomic E-state index is 14.3. The quantitative estimate of drug-likeness (QED) is 0.461. The minimum atomic E-state index is -0.501. The Bertz CT molecular complexity index is 1540. The van der Waals surface area contributed by atoms with Crippen molar-refractivity contribution >= 4 is 22.6 Å². The van der Waals surface area contributed by atoms with Crippen molar-refractivity contribution < 1.29 is 9.18 Å². The van der Waals surface area contributed by atoms with Gasteiger partial charge in [-0.15, -0.1) is 5.10 Å². The Kier molecular flexibility index (Phi) is 6.00. The first-order valence-corrected chi connectivity index (χ1v) is 12.0. The summed E-state index contributed by atoms with van der Waals surface area (Å²) in [5, 5.41) is 7.80. The molecule has 1 amide bonds. The van der Waals surface area contributed by atoms with Gasteiger partial charge in [-0.25, -0.2) is 18.3 Å². The molecule has 2 heterocycles. The van der Waals surface area contributed by atoms with E-state index in [0.29, 0.717) is 28.6 Å². The second-order valence-corrected chi connectivity index (χ2v) is 9.66. The molecule has 4 aromatic rings. The third-order valence-corrected chi connectivity index (χ3v) is 6.56. The number of benzene rings is 2. The lowest BCUT2D eigenvalue weighted by atomic mass is 10.1. The van der Waals surface area contributed by atoms with Crippen LogP contribution in [0.15, 0.2) is 52.1 Å². The lowest BCUT2D eigenvalue weighted by molar-refractivity contribution is 0.0938. The molecule has 0 radical (unpaired) electrons. The Morgan fingerprint density at radius 1 is 1.14 bits per heavy atom. The average Bonchev–Trinajstić information content (AvgIpc) is 3.45. The number of carbonyl (C=O) groups excluding carboxylic acids is 1. The second-order valence-electron chi connectivity index (χ2n) is 9.66. The Labute approximate surface area is 201 Å². The minimum absolute atomic E-state index is 0.0770. The number of nitrogens with one attached hydrogen (secondary N) is 1. The van der Waals surface area contributed by atoms with Gasteiger partial charge in [0.25, 0.3) is 11.5 Å². The van der Waals surface area contributed by atoms with Gasteiger partial charge < -0.3 is 5.32 Å². The number of amides is 1. The van der Waals surface area contributed by atoms with Gasteiger partial charge in [-0.1, -0.05) is 44.9 Å². The summed E-state index contributed by atoms with van der Waals surface area (Å²) in [7, 11) is 0. The van der Waals surface area contributed by atoms with E-state index in [-0.39, 0.29) is 35.7 Å². The fraction of sp³-hybridized carbons (Fsp3) is 0.385. The first-order chi connectivity index (χ1) is 16.8. The van der Waals surface area contributed by atoms with Gasteiger partial charge >= 0.3 is 5.69 Å². The third kappa shape index (κ3) is 4.26. The van der Waals surface area contributed by atoms with Crippen molar-refractivity contribution in [1.82, 2.24) is 24.1 Å². The van der Waals surface area contributed by atoms with Crippen LogP contribution in [-0.2, 0) is 13.1 Å². The summed E-state index contributed by atoms with van der Waals surface area (Å²) >= 11 is 0. The number of aromatic nitrogens is 4. The van der Waals surface area contributed by atoms with E-state index >= 15 is 0 Å². The number of carbonyl (C=O) groups is 1. The van der Waals surface area contributed by atoms with Crippen LogP contribution in [0.2, 0.25) is 0 Å². The van der Waals surface area contributed by atoms with E-state index < -0.39 is 11.5 Å². The molecule has 0 saturated heterocycles. The van der Waals surface area contributed by atoms with Crippen LogP contribution < -0.4 is 16.6 Å². The Hall–Kier alpha value is -3.75. The molecule has 8 nitrogen and oxygen atoms in total. The first-order valence-electron chi connectivity index (χ1n) is 12.0. The van der Waals surface area contributed by atoms with Crippen LogP contribution in [0.5, 0.6) is 0 Å². The summed E-state index contributed by atoms with van der Waals surface area (Å²) in [6, 6.07) is 11.1. The van der Waals surface area contributed by atoms with Gasteiger partial charge in [0.1, 0.15) is 5.82 Å². The van der Waals surface area contributed by atoms with E-state index in [1.807, 2.05) is 13.8 Å². The van der Waals surface area contributed by atoms with Crippen LogP contribution in [0.25, 0.3) is 16.7 Å². The van der Waals surface area contributed by atoms with Gasteiger partial charge in [-0.05, 0) is 43.0 Å². The Balaban J connectivity index is 1.69. The second kappa shape index (κ2) is 9.13. The van der Waals surface area contributed by atoms with Gasteiger partial charge in [0.2, 0.25) is 5.78 Å². The van der Waals surface area contributed by atoms with Gasteiger partial charge in [0, 0.05) is 23.7 Å². The molecule has 1 aliphatic rings. The van der Waals surface area contributed by atoms with Crippen molar-refractivity contribution in [3.8, 4) is 0 Å². The number of hydrogen-bond acceptors (Lipinski definition) is 4. The topological polar surface area (TPSA) is 90.4 Å². The molecule has 0 bridgehead atoms. The summed E-state index contributed by atoms with van der Waals surface area (Å²) in [5.74, 6) is -0.375. The summed E-state index contributed by atoms with van der Waals surface area (Å²) < 4.78 is 18.3. The van der Waals surface area contributed by atoms with E-state index in [1.54, 1.807) is 36.4 Å². The van der Waals surface area contributed by atoms with Crippen LogP contribution in [0.4, 0.5) is 4.39 Å². The highest BCUT2D eigenvalue weighted by Crippen LogP contribution is 2.20. The standard InChI is InChI=1S/C26H28FN5O3/c1-16(2)14-30-24(34)20-12-11-17(23(33)28-19-8-4-5-9-19)13-22(20)32-25(30)29-31(26(32)35)15-18-7-3-6-10-21(18)27/h3,6-7,10-13,16,19H,4-5,8-9,14-15H2,1-2H3,(H,28,33). The largest absolute Gasteiger partial charge is 0.352 e. The van der Waals surface area contributed by atoms with E-state index in [1.165, 1.54) is 15.0 Å². The molecule has 35 heavy (non-hydrogen) atoms. The average molecular weight is 478 g/mol. The van der Waals surface area contributed by atoms with Crippen molar-refractivity contribution in [2.45, 2.75) is 58.7 Å². The number of halogens is 1. The zero-order chi connectivity index (χ0) is 24.7. The maximum Gasteiger partial charge on any atom is 0.352 e. The molecule has 2 aromatic carbocycles. The lowest BCUT2D eigenvalue weighted by Crippen LogP contribution is -2.33. The minimum Gasteiger partial charge on any atom is -0.349 e. The molecule has 0 unspecified atom stereocenters. The van der Waals surface area contributed by atoms with E-state index in [0.717, 1.165) is 30.4 Å². The SMILES string of the molecule is CC(C)Cn1c(=O)c2ccc(C(=O)NC3CCCC3)cc2n2c(=O)n(Cc3ccccc3F)nc12. The number of nitrogens with zero attached hydrogens (tertiary/aromatic N) is 4. The van der Waals surface area contributed by atoms with Gasteiger partial charge in [-0.3, -0.25) is 14.2 Å². The molecule has 1 N–H and O–H groups in total. The number of hydrogen-bond donors (Lipinski definition) is 1. The smallest absolute Gasteiger partial charge is 0.349 e. The first kappa shape index (κ1) is 23.0. The molecule has 0 aliphatic heterocycles. The van der Waals surface area contributed by atoms with Crippen LogP contribution in [0, 0.1) is 11.7 Å².